The van der Waals surface area contributed by atoms with Crippen LogP contribution in [0, 0.1) is 5.82 Å². The maximum absolute atomic E-state index is 13.6. The van der Waals surface area contributed by atoms with E-state index in [0.717, 1.165) is 79.4 Å². The summed E-state index contributed by atoms with van der Waals surface area (Å²) < 4.78 is 21.3. The van der Waals surface area contributed by atoms with Gasteiger partial charge in [0.1, 0.15) is 11.6 Å². The minimum Gasteiger partial charge on any atom is -0.378 e. The van der Waals surface area contributed by atoms with Crippen molar-refractivity contribution in [2.45, 2.75) is 25.4 Å². The summed E-state index contributed by atoms with van der Waals surface area (Å²) in [5, 5.41) is 5.81. The summed E-state index contributed by atoms with van der Waals surface area (Å²) in [5.41, 5.74) is 2.91. The van der Waals surface area contributed by atoms with Gasteiger partial charge in [-0.3, -0.25) is 4.90 Å². The fraction of sp³-hybridized carbons (Fsp3) is 0.370. The van der Waals surface area contributed by atoms with Crippen LogP contribution in [0.1, 0.15) is 24.4 Å². The van der Waals surface area contributed by atoms with Gasteiger partial charge in [0.25, 0.3) is 0 Å². The van der Waals surface area contributed by atoms with E-state index in [-0.39, 0.29) is 11.9 Å². The van der Waals surface area contributed by atoms with Gasteiger partial charge < -0.3 is 9.64 Å². The summed E-state index contributed by atoms with van der Waals surface area (Å²) in [6, 6.07) is 17.3. The molecule has 7 nitrogen and oxygen atoms in total. The number of anilines is 1. The van der Waals surface area contributed by atoms with E-state index in [0.29, 0.717) is 13.2 Å². The summed E-state index contributed by atoms with van der Waals surface area (Å²) in [5.74, 6) is 1.49. The highest BCUT2D eigenvalue weighted by molar-refractivity contribution is 5.89. The quantitative estimate of drug-likeness (QED) is 0.432. The van der Waals surface area contributed by atoms with E-state index in [4.69, 9.17) is 19.8 Å². The molecule has 0 bridgehead atoms. The van der Waals surface area contributed by atoms with Gasteiger partial charge in [-0.25, -0.2) is 19.0 Å². The molecule has 0 N–H and O–H groups in total. The summed E-state index contributed by atoms with van der Waals surface area (Å²) in [7, 11) is 0. The van der Waals surface area contributed by atoms with Crippen LogP contribution in [0.5, 0.6) is 0 Å². The van der Waals surface area contributed by atoms with Gasteiger partial charge in [0, 0.05) is 38.3 Å². The first-order chi connectivity index (χ1) is 17.2. The van der Waals surface area contributed by atoms with Gasteiger partial charge in [-0.1, -0.05) is 42.5 Å². The minimum atomic E-state index is -0.176. The molecule has 0 radical (unpaired) electrons. The van der Waals surface area contributed by atoms with Crippen LogP contribution in [-0.4, -0.2) is 64.0 Å². The minimum absolute atomic E-state index is 0.176. The molecule has 0 aliphatic carbocycles. The lowest BCUT2D eigenvalue weighted by molar-refractivity contribution is 0.122. The molecule has 2 fully saturated rings. The van der Waals surface area contributed by atoms with Crippen LogP contribution in [-0.2, 0) is 11.3 Å². The lowest BCUT2D eigenvalue weighted by atomic mass is 10.0. The summed E-state index contributed by atoms with van der Waals surface area (Å²) in [6.45, 7) is 5.67. The molecule has 0 saturated carbocycles. The first-order valence-electron chi connectivity index (χ1n) is 12.3. The van der Waals surface area contributed by atoms with Gasteiger partial charge in [-0.15, -0.1) is 0 Å². The maximum Gasteiger partial charge on any atom is 0.164 e. The standard InChI is InChI=1S/C27H29FN6O/c28-22-8-4-5-20(17-22)19-32-11-9-23(10-12-32)34-27-24(18-29-34)26(33-13-15-35-16-14-33)30-25(31-27)21-6-2-1-3-7-21/h1-8,17-18,23H,9-16,19H2. The monoisotopic (exact) mass is 472 g/mol. The third-order valence-corrected chi connectivity index (χ3v) is 6.97. The van der Waals surface area contributed by atoms with Crippen molar-refractivity contribution >= 4 is 16.9 Å². The Balaban J connectivity index is 1.29. The van der Waals surface area contributed by atoms with Crippen LogP contribution in [0.4, 0.5) is 10.2 Å². The molecular formula is C27H29FN6O. The van der Waals surface area contributed by atoms with Crippen LogP contribution in [0.25, 0.3) is 22.4 Å². The molecule has 0 atom stereocenters. The lowest BCUT2D eigenvalue weighted by Gasteiger charge is -2.32. The number of hydrogen-bond donors (Lipinski definition) is 0. The third kappa shape index (κ3) is 4.63. The van der Waals surface area contributed by atoms with E-state index >= 15 is 0 Å². The van der Waals surface area contributed by atoms with E-state index in [9.17, 15) is 4.39 Å². The summed E-state index contributed by atoms with van der Waals surface area (Å²) >= 11 is 0. The number of nitrogens with zero attached hydrogens (tertiary/aromatic N) is 6. The molecule has 180 valence electrons. The fourth-order valence-electron chi connectivity index (χ4n) is 5.13. The maximum atomic E-state index is 13.6. The number of aromatic nitrogens is 4. The van der Waals surface area contributed by atoms with E-state index in [2.05, 4.69) is 26.6 Å². The molecular weight excluding hydrogens is 443 g/mol. The average molecular weight is 473 g/mol. The zero-order valence-electron chi connectivity index (χ0n) is 19.7. The van der Waals surface area contributed by atoms with Crippen molar-refractivity contribution in [2.75, 3.05) is 44.3 Å². The molecule has 2 aromatic heterocycles. The predicted molar refractivity (Wildman–Crippen MR) is 134 cm³/mol. The first kappa shape index (κ1) is 22.1. The van der Waals surface area contributed by atoms with Crippen LogP contribution < -0.4 is 4.90 Å². The predicted octanol–water partition coefficient (Wildman–Crippen LogP) is 4.31. The van der Waals surface area contributed by atoms with Crippen molar-refractivity contribution in [1.29, 1.82) is 0 Å². The Labute approximate surface area is 204 Å². The second-order valence-corrected chi connectivity index (χ2v) is 9.30. The average Bonchev–Trinajstić information content (AvgIpc) is 3.34. The van der Waals surface area contributed by atoms with Gasteiger partial charge in [-0.05, 0) is 30.5 Å². The van der Waals surface area contributed by atoms with Gasteiger partial charge in [0.15, 0.2) is 11.5 Å². The molecule has 2 saturated heterocycles. The Morgan fingerprint density at radius 2 is 1.71 bits per heavy atom. The summed E-state index contributed by atoms with van der Waals surface area (Å²) in [6.07, 6.45) is 3.88. The van der Waals surface area contributed by atoms with Crippen molar-refractivity contribution in [3.63, 3.8) is 0 Å². The molecule has 35 heavy (non-hydrogen) atoms. The molecule has 0 amide bonds. The number of fused-ring (bicyclic) bond motifs is 1. The molecule has 6 rings (SSSR count). The largest absolute Gasteiger partial charge is 0.378 e. The number of hydrogen-bond acceptors (Lipinski definition) is 6. The highest BCUT2D eigenvalue weighted by atomic mass is 19.1. The van der Waals surface area contributed by atoms with Crippen molar-refractivity contribution < 1.29 is 9.13 Å². The number of likely N-dealkylation sites (tertiary alicyclic amines) is 1. The Hall–Kier alpha value is -3.36. The van der Waals surface area contributed by atoms with Crippen LogP contribution >= 0.6 is 0 Å². The normalized spacial score (nSPS) is 17.8. The molecule has 2 aliphatic rings. The third-order valence-electron chi connectivity index (χ3n) is 6.97. The molecule has 4 aromatic rings. The van der Waals surface area contributed by atoms with Gasteiger partial charge in [-0.2, -0.15) is 5.10 Å². The Morgan fingerprint density at radius 1 is 0.914 bits per heavy atom. The molecule has 2 aliphatic heterocycles. The van der Waals surface area contributed by atoms with Crippen molar-refractivity contribution in [2.24, 2.45) is 0 Å². The second kappa shape index (κ2) is 9.71. The number of halogens is 1. The Morgan fingerprint density at radius 3 is 2.49 bits per heavy atom. The van der Waals surface area contributed by atoms with E-state index in [1.165, 1.54) is 6.07 Å². The zero-order valence-corrected chi connectivity index (χ0v) is 19.7. The molecule has 0 unspecified atom stereocenters. The van der Waals surface area contributed by atoms with E-state index < -0.39 is 0 Å². The molecule has 8 heteroatoms. The zero-order chi connectivity index (χ0) is 23.6. The summed E-state index contributed by atoms with van der Waals surface area (Å²) in [4.78, 5) is 14.7. The fourth-order valence-corrected chi connectivity index (χ4v) is 5.13. The van der Waals surface area contributed by atoms with Crippen molar-refractivity contribution in [3.8, 4) is 11.4 Å². The SMILES string of the molecule is Fc1cccc(CN2CCC(n3ncc4c(N5CCOCC5)nc(-c5ccccc5)nc43)CC2)c1. The Bertz CT molecular complexity index is 1300. The molecule has 2 aromatic carbocycles. The highest BCUT2D eigenvalue weighted by Crippen LogP contribution is 2.32. The smallest absolute Gasteiger partial charge is 0.164 e. The van der Waals surface area contributed by atoms with Crippen molar-refractivity contribution in [3.05, 3.63) is 72.2 Å². The Kier molecular flexibility index (Phi) is 6.14. The van der Waals surface area contributed by atoms with Gasteiger partial charge in [0.05, 0.1) is 30.8 Å². The van der Waals surface area contributed by atoms with Crippen LogP contribution in [0.3, 0.4) is 0 Å². The van der Waals surface area contributed by atoms with Crippen molar-refractivity contribution in [1.82, 2.24) is 24.6 Å². The van der Waals surface area contributed by atoms with Crippen LogP contribution in [0.2, 0.25) is 0 Å². The molecule has 4 heterocycles. The topological polar surface area (TPSA) is 59.3 Å². The number of piperidine rings is 1. The van der Waals surface area contributed by atoms with E-state index in [1.54, 1.807) is 12.1 Å². The number of benzene rings is 2. The lowest BCUT2D eigenvalue weighted by Crippen LogP contribution is -2.37. The van der Waals surface area contributed by atoms with Gasteiger partial charge >= 0.3 is 0 Å². The number of morpholine rings is 1. The first-order valence-corrected chi connectivity index (χ1v) is 12.3. The highest BCUT2D eigenvalue weighted by Gasteiger charge is 2.26. The molecule has 0 spiro atoms. The number of ether oxygens (including phenoxy) is 1. The number of rotatable bonds is 5. The van der Waals surface area contributed by atoms with E-state index in [1.807, 2.05) is 30.5 Å². The second-order valence-electron chi connectivity index (χ2n) is 9.30. The van der Waals surface area contributed by atoms with Gasteiger partial charge in [0.2, 0.25) is 0 Å². The van der Waals surface area contributed by atoms with Crippen LogP contribution in [0.15, 0.2) is 60.8 Å².